The third-order valence-electron chi connectivity index (χ3n) is 3.34. The minimum Gasteiger partial charge on any atom is -0.465 e. The summed E-state index contributed by atoms with van der Waals surface area (Å²) < 4.78 is 11.6. The monoisotopic (exact) mass is 322 g/mol. The number of esters is 2. The van der Waals surface area contributed by atoms with Gasteiger partial charge in [0.1, 0.15) is 5.75 Å². The van der Waals surface area contributed by atoms with Crippen LogP contribution in [0.4, 0.5) is 0 Å². The molecule has 1 aromatic heterocycles. The fourth-order valence-electron chi connectivity index (χ4n) is 2.14. The third kappa shape index (κ3) is 3.33. The Morgan fingerprint density at radius 2 is 1.75 bits per heavy atom. The number of carbonyl (C=O) groups is 2. The zero-order chi connectivity index (χ0) is 16.9. The highest BCUT2D eigenvalue weighted by Crippen LogP contribution is 2.16. The van der Waals surface area contributed by atoms with Crippen LogP contribution in [0.3, 0.4) is 0 Å². The molecule has 0 aliphatic carbocycles. The first kappa shape index (κ1) is 15.5. The minimum absolute atomic E-state index is 0.345. The van der Waals surface area contributed by atoms with E-state index in [1.807, 2.05) is 6.07 Å². The third-order valence-corrected chi connectivity index (χ3v) is 3.34. The molecule has 0 bridgehead atoms. The molecule has 0 fully saturated rings. The van der Waals surface area contributed by atoms with Gasteiger partial charge in [0.25, 0.3) is 0 Å². The lowest BCUT2D eigenvalue weighted by molar-refractivity contribution is 0.0600. The molecule has 0 N–H and O–H groups in total. The SMILES string of the molecule is COC(=O)c1ccc(OC(=O)c2cccc(-n3cccn3)c2)cc1. The summed E-state index contributed by atoms with van der Waals surface area (Å²) in [5, 5.41) is 4.13. The summed E-state index contributed by atoms with van der Waals surface area (Å²) in [7, 11) is 1.31. The quantitative estimate of drug-likeness (QED) is 0.545. The van der Waals surface area contributed by atoms with E-state index >= 15 is 0 Å². The first-order chi connectivity index (χ1) is 11.7. The summed E-state index contributed by atoms with van der Waals surface area (Å²) in [4.78, 5) is 23.6. The normalized spacial score (nSPS) is 10.2. The molecule has 2 aromatic carbocycles. The lowest BCUT2D eigenvalue weighted by atomic mass is 10.2. The van der Waals surface area contributed by atoms with Gasteiger partial charge in [-0.3, -0.25) is 0 Å². The average molecular weight is 322 g/mol. The van der Waals surface area contributed by atoms with Crippen molar-refractivity contribution in [1.82, 2.24) is 9.78 Å². The van der Waals surface area contributed by atoms with Crippen LogP contribution in [0.15, 0.2) is 67.0 Å². The molecule has 0 radical (unpaired) electrons. The van der Waals surface area contributed by atoms with Crippen LogP contribution in [0.5, 0.6) is 5.75 Å². The Balaban J connectivity index is 1.75. The molecule has 3 aromatic rings. The van der Waals surface area contributed by atoms with Crippen LogP contribution in [0.25, 0.3) is 5.69 Å². The molecule has 0 saturated heterocycles. The Hall–Kier alpha value is -3.41. The molecule has 3 rings (SSSR count). The van der Waals surface area contributed by atoms with Crippen LogP contribution in [-0.2, 0) is 4.74 Å². The van der Waals surface area contributed by atoms with Crippen molar-refractivity contribution in [3.63, 3.8) is 0 Å². The highest BCUT2D eigenvalue weighted by Gasteiger charge is 2.11. The van der Waals surface area contributed by atoms with Crippen molar-refractivity contribution in [2.45, 2.75) is 0 Å². The second-order valence-electron chi connectivity index (χ2n) is 4.91. The van der Waals surface area contributed by atoms with Gasteiger partial charge >= 0.3 is 11.9 Å². The van der Waals surface area contributed by atoms with Crippen LogP contribution in [0, 0.1) is 0 Å². The Labute approximate surface area is 138 Å². The molecule has 0 unspecified atom stereocenters. The van der Waals surface area contributed by atoms with Gasteiger partial charge in [0.15, 0.2) is 0 Å². The largest absolute Gasteiger partial charge is 0.465 e. The predicted molar refractivity (Wildman–Crippen MR) is 86.3 cm³/mol. The van der Waals surface area contributed by atoms with Gasteiger partial charge in [0.2, 0.25) is 0 Å². The number of methoxy groups -OCH3 is 1. The second-order valence-corrected chi connectivity index (χ2v) is 4.91. The van der Waals surface area contributed by atoms with E-state index in [1.165, 1.54) is 19.2 Å². The molecule has 6 heteroatoms. The number of benzene rings is 2. The smallest absolute Gasteiger partial charge is 0.343 e. The Kier molecular flexibility index (Phi) is 4.38. The molecule has 24 heavy (non-hydrogen) atoms. The zero-order valence-electron chi connectivity index (χ0n) is 12.9. The van der Waals surface area contributed by atoms with Crippen molar-refractivity contribution in [3.05, 3.63) is 78.1 Å². The minimum atomic E-state index is -0.491. The van der Waals surface area contributed by atoms with Crippen molar-refractivity contribution in [2.75, 3.05) is 7.11 Å². The molecule has 6 nitrogen and oxygen atoms in total. The molecule has 1 heterocycles. The van der Waals surface area contributed by atoms with E-state index in [1.54, 1.807) is 53.5 Å². The average Bonchev–Trinajstić information content (AvgIpc) is 3.16. The Morgan fingerprint density at radius 1 is 0.958 bits per heavy atom. The highest BCUT2D eigenvalue weighted by atomic mass is 16.5. The van der Waals surface area contributed by atoms with Gasteiger partial charge in [-0.1, -0.05) is 6.07 Å². The van der Waals surface area contributed by atoms with E-state index in [-0.39, 0.29) is 0 Å². The van der Waals surface area contributed by atoms with Crippen molar-refractivity contribution in [2.24, 2.45) is 0 Å². The van der Waals surface area contributed by atoms with E-state index in [0.717, 1.165) is 5.69 Å². The highest BCUT2D eigenvalue weighted by molar-refractivity contribution is 5.92. The lowest BCUT2D eigenvalue weighted by Crippen LogP contribution is -2.09. The van der Waals surface area contributed by atoms with Crippen molar-refractivity contribution in [1.29, 1.82) is 0 Å². The molecule has 0 aliphatic heterocycles. The van der Waals surface area contributed by atoms with E-state index in [0.29, 0.717) is 16.9 Å². The predicted octanol–water partition coefficient (Wildman–Crippen LogP) is 2.88. The van der Waals surface area contributed by atoms with Crippen LogP contribution >= 0.6 is 0 Å². The molecule has 0 amide bonds. The number of hydrogen-bond acceptors (Lipinski definition) is 5. The number of carbonyl (C=O) groups excluding carboxylic acids is 2. The topological polar surface area (TPSA) is 70.4 Å². The van der Waals surface area contributed by atoms with E-state index in [2.05, 4.69) is 9.84 Å². The summed E-state index contributed by atoms with van der Waals surface area (Å²) in [6.07, 6.45) is 3.45. The summed E-state index contributed by atoms with van der Waals surface area (Å²) in [5.41, 5.74) is 1.55. The fourth-order valence-corrected chi connectivity index (χ4v) is 2.14. The standard InChI is InChI=1S/C18H14N2O4/c1-23-17(21)13-6-8-16(9-7-13)24-18(22)14-4-2-5-15(12-14)20-11-3-10-19-20/h2-12H,1H3. The van der Waals surface area contributed by atoms with Crippen LogP contribution in [0.2, 0.25) is 0 Å². The van der Waals surface area contributed by atoms with Crippen LogP contribution < -0.4 is 4.74 Å². The second kappa shape index (κ2) is 6.78. The molecular weight excluding hydrogens is 308 g/mol. The number of nitrogens with zero attached hydrogens (tertiary/aromatic N) is 2. The lowest BCUT2D eigenvalue weighted by Gasteiger charge is -2.07. The maximum absolute atomic E-state index is 12.3. The Morgan fingerprint density at radius 3 is 2.42 bits per heavy atom. The van der Waals surface area contributed by atoms with Crippen molar-refractivity contribution >= 4 is 11.9 Å². The van der Waals surface area contributed by atoms with Gasteiger partial charge in [-0.25, -0.2) is 14.3 Å². The molecule has 0 aliphatic rings. The van der Waals surface area contributed by atoms with Gasteiger partial charge in [-0.2, -0.15) is 5.10 Å². The van der Waals surface area contributed by atoms with E-state index < -0.39 is 11.9 Å². The summed E-state index contributed by atoms with van der Waals surface area (Å²) in [6.45, 7) is 0. The Bertz CT molecular complexity index is 855. The first-order valence-electron chi connectivity index (χ1n) is 7.18. The van der Waals surface area contributed by atoms with E-state index in [4.69, 9.17) is 4.74 Å². The summed E-state index contributed by atoms with van der Waals surface area (Å²) >= 11 is 0. The summed E-state index contributed by atoms with van der Waals surface area (Å²) in [5.74, 6) is -0.591. The van der Waals surface area contributed by atoms with Gasteiger partial charge in [-0.15, -0.1) is 0 Å². The van der Waals surface area contributed by atoms with Gasteiger partial charge < -0.3 is 9.47 Å². The van der Waals surface area contributed by atoms with Crippen molar-refractivity contribution < 1.29 is 19.1 Å². The molecular formula is C18H14N2O4. The first-order valence-corrected chi connectivity index (χ1v) is 7.18. The van der Waals surface area contributed by atoms with Gasteiger partial charge in [0, 0.05) is 12.4 Å². The molecule has 120 valence electrons. The maximum atomic E-state index is 12.3. The molecule has 0 atom stereocenters. The number of aromatic nitrogens is 2. The number of hydrogen-bond donors (Lipinski definition) is 0. The summed E-state index contributed by atoms with van der Waals surface area (Å²) in [6, 6.07) is 14.9. The number of ether oxygens (including phenoxy) is 2. The maximum Gasteiger partial charge on any atom is 0.343 e. The fraction of sp³-hybridized carbons (Fsp3) is 0.0556. The van der Waals surface area contributed by atoms with E-state index in [9.17, 15) is 9.59 Å². The van der Waals surface area contributed by atoms with Gasteiger partial charge in [0.05, 0.1) is 23.9 Å². The zero-order valence-corrected chi connectivity index (χ0v) is 12.9. The van der Waals surface area contributed by atoms with Crippen molar-refractivity contribution in [3.8, 4) is 11.4 Å². The van der Waals surface area contributed by atoms with Crippen LogP contribution in [-0.4, -0.2) is 28.8 Å². The van der Waals surface area contributed by atoms with Crippen LogP contribution in [0.1, 0.15) is 20.7 Å². The number of rotatable bonds is 4. The van der Waals surface area contributed by atoms with Gasteiger partial charge in [-0.05, 0) is 48.5 Å². The molecule has 0 spiro atoms. The molecule has 0 saturated carbocycles.